The quantitative estimate of drug-likeness (QED) is 0.772. The molecule has 4 rings (SSSR count). The van der Waals surface area contributed by atoms with Gasteiger partial charge in [0.1, 0.15) is 11.9 Å². The van der Waals surface area contributed by atoms with Crippen molar-refractivity contribution in [2.45, 2.75) is 12.1 Å². The van der Waals surface area contributed by atoms with Gasteiger partial charge in [-0.15, -0.1) is 0 Å². The summed E-state index contributed by atoms with van der Waals surface area (Å²) in [5.74, 6) is -0.332. The zero-order chi connectivity index (χ0) is 17.2. The third-order valence-corrected chi connectivity index (χ3v) is 4.22. The summed E-state index contributed by atoms with van der Waals surface area (Å²) in [6, 6.07) is 19.3. The maximum Gasteiger partial charge on any atom is 0.408 e. The first-order chi connectivity index (χ1) is 12.2. The molecule has 0 aliphatic carbocycles. The van der Waals surface area contributed by atoms with E-state index in [1.807, 2.05) is 42.5 Å². The molecule has 2 atom stereocenters. The van der Waals surface area contributed by atoms with Gasteiger partial charge in [0.05, 0.1) is 5.69 Å². The van der Waals surface area contributed by atoms with E-state index in [1.165, 1.54) is 12.1 Å². The highest BCUT2D eigenvalue weighted by molar-refractivity contribution is 5.71. The molecule has 2 aromatic carbocycles. The van der Waals surface area contributed by atoms with Crippen LogP contribution in [0.25, 0.3) is 11.1 Å². The van der Waals surface area contributed by atoms with Crippen LogP contribution < -0.4 is 5.32 Å². The molecule has 1 fully saturated rings. The van der Waals surface area contributed by atoms with E-state index < -0.39 is 18.2 Å². The fourth-order valence-electron chi connectivity index (χ4n) is 2.99. The van der Waals surface area contributed by atoms with Gasteiger partial charge in [-0.05, 0) is 41.0 Å². The summed E-state index contributed by atoms with van der Waals surface area (Å²) >= 11 is 0. The Labute approximate surface area is 144 Å². The third kappa shape index (κ3) is 3.08. The number of benzene rings is 2. The van der Waals surface area contributed by atoms with Crippen molar-refractivity contribution in [3.63, 3.8) is 0 Å². The third-order valence-electron chi connectivity index (χ3n) is 4.22. The lowest BCUT2D eigenvalue weighted by atomic mass is 9.97. The lowest BCUT2D eigenvalue weighted by Gasteiger charge is -2.17. The van der Waals surface area contributed by atoms with E-state index in [9.17, 15) is 9.18 Å². The Balaban J connectivity index is 1.70. The van der Waals surface area contributed by atoms with Crippen LogP contribution in [0.4, 0.5) is 9.18 Å². The number of pyridine rings is 1. The van der Waals surface area contributed by atoms with Gasteiger partial charge in [-0.25, -0.2) is 9.18 Å². The van der Waals surface area contributed by atoms with Crippen molar-refractivity contribution in [3.05, 3.63) is 90.0 Å². The van der Waals surface area contributed by atoms with Crippen LogP contribution in [-0.4, -0.2) is 11.1 Å². The van der Waals surface area contributed by atoms with Gasteiger partial charge in [-0.2, -0.15) is 0 Å². The van der Waals surface area contributed by atoms with E-state index in [0.29, 0.717) is 5.69 Å². The lowest BCUT2D eigenvalue weighted by Crippen LogP contribution is -2.20. The summed E-state index contributed by atoms with van der Waals surface area (Å²) < 4.78 is 18.6. The summed E-state index contributed by atoms with van der Waals surface area (Å²) in [7, 11) is 0. The predicted octanol–water partition coefficient (Wildman–Crippen LogP) is 4.41. The average molecular weight is 334 g/mol. The Kier molecular flexibility index (Phi) is 3.90. The minimum absolute atomic E-state index is 0.332. The molecular weight excluding hydrogens is 319 g/mol. The molecule has 5 heteroatoms. The van der Waals surface area contributed by atoms with Gasteiger partial charge >= 0.3 is 6.09 Å². The summed E-state index contributed by atoms with van der Waals surface area (Å²) in [5, 5.41) is 2.79. The van der Waals surface area contributed by atoms with E-state index in [2.05, 4.69) is 10.3 Å². The fourth-order valence-corrected chi connectivity index (χ4v) is 2.99. The summed E-state index contributed by atoms with van der Waals surface area (Å²) in [5.41, 5.74) is 3.48. The minimum Gasteiger partial charge on any atom is -0.439 e. The Hall–Kier alpha value is -3.21. The number of rotatable bonds is 3. The normalized spacial score (nSPS) is 19.3. The number of nitrogens with one attached hydrogen (secondary N) is 1. The van der Waals surface area contributed by atoms with Gasteiger partial charge in [-0.3, -0.25) is 4.98 Å². The Bertz CT molecular complexity index is 897. The first-order valence-electron chi connectivity index (χ1n) is 7.95. The monoisotopic (exact) mass is 334 g/mol. The van der Waals surface area contributed by atoms with Gasteiger partial charge in [0, 0.05) is 6.20 Å². The van der Waals surface area contributed by atoms with Crippen molar-refractivity contribution in [1.29, 1.82) is 0 Å². The van der Waals surface area contributed by atoms with Crippen LogP contribution in [0.1, 0.15) is 23.4 Å². The number of aromatic nitrogens is 1. The van der Waals surface area contributed by atoms with Gasteiger partial charge in [0.2, 0.25) is 0 Å². The number of alkyl carbamates (subject to hydrolysis) is 1. The number of cyclic esters (lactones) is 1. The topological polar surface area (TPSA) is 51.2 Å². The highest BCUT2D eigenvalue weighted by atomic mass is 19.1. The molecule has 0 radical (unpaired) electrons. The van der Waals surface area contributed by atoms with Crippen LogP contribution in [-0.2, 0) is 4.74 Å². The number of carbonyl (C=O) groups excluding carboxylic acids is 1. The SMILES string of the molecule is O=C1N[C@H](c2cc(-c3ccccc3)ccn2)[C@@H](c2ccc(F)cc2)O1. The standard InChI is InChI=1S/C20H15FN2O2/c21-16-8-6-14(7-9-16)19-18(23-20(24)25-19)17-12-15(10-11-22-17)13-4-2-1-3-5-13/h1-12,18-19H,(H,23,24)/t18-,19-/m1/s1. The highest BCUT2D eigenvalue weighted by Gasteiger charge is 2.37. The largest absolute Gasteiger partial charge is 0.439 e. The number of nitrogens with zero attached hydrogens (tertiary/aromatic N) is 1. The molecule has 1 amide bonds. The van der Waals surface area contributed by atoms with Crippen molar-refractivity contribution < 1.29 is 13.9 Å². The summed E-state index contributed by atoms with van der Waals surface area (Å²) in [6.45, 7) is 0. The maximum absolute atomic E-state index is 13.2. The Morgan fingerprint density at radius 3 is 2.48 bits per heavy atom. The van der Waals surface area contributed by atoms with Crippen molar-refractivity contribution in [2.24, 2.45) is 0 Å². The van der Waals surface area contributed by atoms with Crippen molar-refractivity contribution in [1.82, 2.24) is 10.3 Å². The number of hydrogen-bond acceptors (Lipinski definition) is 3. The first-order valence-corrected chi connectivity index (χ1v) is 7.95. The average Bonchev–Trinajstić information content (AvgIpc) is 3.05. The van der Waals surface area contributed by atoms with Crippen LogP contribution in [0.3, 0.4) is 0 Å². The second kappa shape index (κ2) is 6.36. The van der Waals surface area contributed by atoms with E-state index in [-0.39, 0.29) is 5.82 Å². The molecule has 3 aromatic rings. The molecule has 124 valence electrons. The van der Waals surface area contributed by atoms with E-state index in [0.717, 1.165) is 16.7 Å². The molecule has 1 aromatic heterocycles. The molecule has 0 saturated carbocycles. The molecule has 1 aliphatic rings. The van der Waals surface area contributed by atoms with Gasteiger partial charge in [-0.1, -0.05) is 42.5 Å². The number of halogens is 1. The molecule has 4 nitrogen and oxygen atoms in total. The molecule has 0 unspecified atom stereocenters. The molecule has 0 bridgehead atoms. The molecule has 2 heterocycles. The summed E-state index contributed by atoms with van der Waals surface area (Å²) in [6.07, 6.45) is 0.655. The molecule has 1 aliphatic heterocycles. The predicted molar refractivity (Wildman–Crippen MR) is 91.2 cm³/mol. The molecule has 1 N–H and O–H groups in total. The number of hydrogen-bond donors (Lipinski definition) is 1. The highest BCUT2D eigenvalue weighted by Crippen LogP contribution is 2.36. The second-order valence-corrected chi connectivity index (χ2v) is 5.83. The van der Waals surface area contributed by atoms with E-state index >= 15 is 0 Å². The van der Waals surface area contributed by atoms with E-state index in [4.69, 9.17) is 4.74 Å². The minimum atomic E-state index is -0.549. The summed E-state index contributed by atoms with van der Waals surface area (Å²) in [4.78, 5) is 16.2. The van der Waals surface area contributed by atoms with Crippen molar-refractivity contribution >= 4 is 6.09 Å². The van der Waals surface area contributed by atoms with Crippen LogP contribution in [0.15, 0.2) is 72.9 Å². The van der Waals surface area contributed by atoms with Crippen LogP contribution in [0.5, 0.6) is 0 Å². The zero-order valence-electron chi connectivity index (χ0n) is 13.2. The maximum atomic E-state index is 13.2. The van der Waals surface area contributed by atoms with Gasteiger partial charge in [0.15, 0.2) is 6.10 Å². The van der Waals surface area contributed by atoms with Crippen LogP contribution >= 0.6 is 0 Å². The van der Waals surface area contributed by atoms with Crippen molar-refractivity contribution in [3.8, 4) is 11.1 Å². The number of amides is 1. The molecule has 0 spiro atoms. The van der Waals surface area contributed by atoms with Gasteiger partial charge < -0.3 is 10.1 Å². The second-order valence-electron chi connectivity index (χ2n) is 5.83. The van der Waals surface area contributed by atoms with Gasteiger partial charge in [0.25, 0.3) is 0 Å². The first kappa shape index (κ1) is 15.3. The smallest absolute Gasteiger partial charge is 0.408 e. The molecular formula is C20H15FN2O2. The van der Waals surface area contributed by atoms with Crippen molar-refractivity contribution in [2.75, 3.05) is 0 Å². The fraction of sp³-hybridized carbons (Fsp3) is 0.100. The lowest BCUT2D eigenvalue weighted by molar-refractivity contribution is 0.132. The zero-order valence-corrected chi connectivity index (χ0v) is 13.2. The molecule has 25 heavy (non-hydrogen) atoms. The van der Waals surface area contributed by atoms with Crippen LogP contribution in [0.2, 0.25) is 0 Å². The molecule has 1 saturated heterocycles. The Morgan fingerprint density at radius 2 is 1.72 bits per heavy atom. The Morgan fingerprint density at radius 1 is 0.960 bits per heavy atom. The van der Waals surface area contributed by atoms with Crippen LogP contribution in [0, 0.1) is 5.82 Å². The number of carbonyl (C=O) groups is 1. The number of ether oxygens (including phenoxy) is 1. The van der Waals surface area contributed by atoms with E-state index in [1.54, 1.807) is 18.3 Å².